The molecule has 136 valence electrons. The number of nitrogens with zero attached hydrogens (tertiary/aromatic N) is 1. The van der Waals surface area contributed by atoms with Crippen molar-refractivity contribution in [3.63, 3.8) is 0 Å². The summed E-state index contributed by atoms with van der Waals surface area (Å²) in [6, 6.07) is 8.82. The van der Waals surface area contributed by atoms with Crippen LogP contribution >= 0.6 is 0 Å². The maximum absolute atomic E-state index is 12.5. The van der Waals surface area contributed by atoms with E-state index in [0.29, 0.717) is 44.5 Å². The highest BCUT2D eigenvalue weighted by molar-refractivity contribution is 5.94. The molecule has 1 aromatic carbocycles. The maximum Gasteiger partial charge on any atom is 0.251 e. The highest BCUT2D eigenvalue weighted by Gasteiger charge is 2.43. The summed E-state index contributed by atoms with van der Waals surface area (Å²) < 4.78 is 11.7. The summed E-state index contributed by atoms with van der Waals surface area (Å²) in [4.78, 5) is 26.5. The molecule has 2 aliphatic heterocycles. The largest absolute Gasteiger partial charge is 0.349 e. The molecule has 0 saturated carbocycles. The number of carbonyl (C=O) groups excluding carboxylic acids is 2. The van der Waals surface area contributed by atoms with E-state index in [9.17, 15) is 9.59 Å². The minimum Gasteiger partial charge on any atom is -0.349 e. The van der Waals surface area contributed by atoms with Gasteiger partial charge in [0.1, 0.15) is 0 Å². The van der Waals surface area contributed by atoms with Gasteiger partial charge < -0.3 is 19.7 Å². The van der Waals surface area contributed by atoms with Gasteiger partial charge in [-0.15, -0.1) is 0 Å². The van der Waals surface area contributed by atoms with Crippen molar-refractivity contribution in [1.29, 1.82) is 0 Å². The average Bonchev–Trinajstić information content (AvgIpc) is 2.96. The quantitative estimate of drug-likeness (QED) is 0.905. The average molecular weight is 346 g/mol. The topological polar surface area (TPSA) is 67.9 Å². The second-order valence-electron chi connectivity index (χ2n) is 6.98. The molecule has 0 aromatic heterocycles. The molecule has 2 heterocycles. The molecule has 2 unspecified atom stereocenters. The van der Waals surface area contributed by atoms with E-state index in [-0.39, 0.29) is 24.0 Å². The first-order chi connectivity index (χ1) is 12.0. The lowest BCUT2D eigenvalue weighted by atomic mass is 10.0. The highest BCUT2D eigenvalue weighted by Crippen LogP contribution is 2.34. The van der Waals surface area contributed by atoms with Crippen LogP contribution in [0.2, 0.25) is 0 Å². The molecule has 2 fully saturated rings. The second kappa shape index (κ2) is 7.54. The molecule has 6 nitrogen and oxygen atoms in total. The number of benzene rings is 1. The van der Waals surface area contributed by atoms with E-state index in [2.05, 4.69) is 5.32 Å². The number of nitrogens with one attached hydrogen (secondary N) is 1. The van der Waals surface area contributed by atoms with Crippen molar-refractivity contribution in [3.8, 4) is 0 Å². The van der Waals surface area contributed by atoms with E-state index in [0.717, 1.165) is 0 Å². The summed E-state index contributed by atoms with van der Waals surface area (Å²) in [6.07, 6.45) is 1.82. The van der Waals surface area contributed by atoms with Gasteiger partial charge in [0.05, 0.1) is 12.7 Å². The van der Waals surface area contributed by atoms with Gasteiger partial charge in [0.15, 0.2) is 5.79 Å². The van der Waals surface area contributed by atoms with Crippen molar-refractivity contribution >= 4 is 11.8 Å². The van der Waals surface area contributed by atoms with Crippen LogP contribution in [0.1, 0.15) is 43.5 Å². The third-order valence-electron chi connectivity index (χ3n) is 4.77. The molecule has 2 atom stereocenters. The lowest BCUT2D eigenvalue weighted by Crippen LogP contribution is -2.48. The SMILES string of the molecule is CC(CC(=O)N1CCC2(CC1)OCC(C)O2)NC(=O)c1ccccc1. The Morgan fingerprint density at radius 1 is 1.28 bits per heavy atom. The Hall–Kier alpha value is -1.92. The van der Waals surface area contributed by atoms with Crippen LogP contribution in [0.15, 0.2) is 30.3 Å². The first-order valence-electron chi connectivity index (χ1n) is 8.93. The Kier molecular flexibility index (Phi) is 5.39. The molecular weight excluding hydrogens is 320 g/mol. The number of hydrogen-bond acceptors (Lipinski definition) is 4. The molecule has 1 N–H and O–H groups in total. The van der Waals surface area contributed by atoms with E-state index < -0.39 is 5.79 Å². The molecule has 0 bridgehead atoms. The summed E-state index contributed by atoms with van der Waals surface area (Å²) >= 11 is 0. The molecule has 6 heteroatoms. The number of carbonyl (C=O) groups is 2. The van der Waals surface area contributed by atoms with E-state index >= 15 is 0 Å². The normalized spacial score (nSPS) is 23.4. The van der Waals surface area contributed by atoms with Crippen LogP contribution in [0.5, 0.6) is 0 Å². The van der Waals surface area contributed by atoms with E-state index in [4.69, 9.17) is 9.47 Å². The second-order valence-corrected chi connectivity index (χ2v) is 6.98. The van der Waals surface area contributed by atoms with Crippen LogP contribution in [-0.2, 0) is 14.3 Å². The van der Waals surface area contributed by atoms with E-state index in [1.165, 1.54) is 0 Å². The standard InChI is InChI=1S/C19H26N2O4/c1-14(20-18(23)16-6-4-3-5-7-16)12-17(22)21-10-8-19(9-11-21)24-13-15(2)25-19/h3-7,14-15H,8-13H2,1-2H3,(H,20,23). The number of piperidine rings is 1. The Balaban J connectivity index is 1.45. The summed E-state index contributed by atoms with van der Waals surface area (Å²) in [5.41, 5.74) is 0.603. The van der Waals surface area contributed by atoms with Gasteiger partial charge in [-0.1, -0.05) is 18.2 Å². The summed E-state index contributed by atoms with van der Waals surface area (Å²) in [6.45, 7) is 5.74. The summed E-state index contributed by atoms with van der Waals surface area (Å²) in [5, 5.41) is 2.88. The minimum atomic E-state index is -0.497. The van der Waals surface area contributed by atoms with Crippen molar-refractivity contribution in [3.05, 3.63) is 35.9 Å². The van der Waals surface area contributed by atoms with Crippen molar-refractivity contribution in [2.75, 3.05) is 19.7 Å². The van der Waals surface area contributed by atoms with Gasteiger partial charge in [-0.05, 0) is 26.0 Å². The van der Waals surface area contributed by atoms with E-state index in [1.54, 1.807) is 12.1 Å². The monoisotopic (exact) mass is 346 g/mol. The van der Waals surface area contributed by atoms with Crippen LogP contribution in [0, 0.1) is 0 Å². The number of rotatable bonds is 4. The zero-order valence-electron chi connectivity index (χ0n) is 14.9. The van der Waals surface area contributed by atoms with Crippen LogP contribution in [-0.4, -0.2) is 54.3 Å². The van der Waals surface area contributed by atoms with Crippen LogP contribution in [0.25, 0.3) is 0 Å². The summed E-state index contributed by atoms with van der Waals surface area (Å²) in [5.74, 6) is -0.592. The number of ether oxygens (including phenoxy) is 2. The van der Waals surface area contributed by atoms with Crippen LogP contribution in [0.4, 0.5) is 0 Å². The number of likely N-dealkylation sites (tertiary alicyclic amines) is 1. The molecule has 3 rings (SSSR count). The highest BCUT2D eigenvalue weighted by atomic mass is 16.7. The Labute approximate surface area is 148 Å². The van der Waals surface area contributed by atoms with Gasteiger partial charge in [-0.2, -0.15) is 0 Å². The fraction of sp³-hybridized carbons (Fsp3) is 0.579. The molecule has 2 aliphatic rings. The third kappa shape index (κ3) is 4.38. The Morgan fingerprint density at radius 3 is 2.56 bits per heavy atom. The fourth-order valence-electron chi connectivity index (χ4n) is 3.40. The van der Waals surface area contributed by atoms with Crippen LogP contribution < -0.4 is 5.32 Å². The lowest BCUT2D eigenvalue weighted by Gasteiger charge is -2.38. The van der Waals surface area contributed by atoms with Crippen molar-refractivity contribution in [1.82, 2.24) is 10.2 Å². The molecule has 0 aliphatic carbocycles. The fourth-order valence-corrected chi connectivity index (χ4v) is 3.40. The number of hydrogen-bond donors (Lipinski definition) is 1. The third-order valence-corrected chi connectivity index (χ3v) is 4.77. The smallest absolute Gasteiger partial charge is 0.251 e. The van der Waals surface area contributed by atoms with E-state index in [1.807, 2.05) is 36.9 Å². The first kappa shape index (κ1) is 17.9. The van der Waals surface area contributed by atoms with Crippen molar-refractivity contribution < 1.29 is 19.1 Å². The van der Waals surface area contributed by atoms with Gasteiger partial charge in [-0.3, -0.25) is 9.59 Å². The maximum atomic E-state index is 12.5. The predicted octanol–water partition coefficient (Wildman–Crippen LogP) is 1.95. The molecule has 2 saturated heterocycles. The minimum absolute atomic E-state index is 0.0572. The zero-order valence-corrected chi connectivity index (χ0v) is 14.9. The van der Waals surface area contributed by atoms with Gasteiger partial charge in [0.2, 0.25) is 5.91 Å². The molecule has 1 spiro atoms. The van der Waals surface area contributed by atoms with Gasteiger partial charge >= 0.3 is 0 Å². The Morgan fingerprint density at radius 2 is 1.96 bits per heavy atom. The predicted molar refractivity (Wildman–Crippen MR) is 93.0 cm³/mol. The van der Waals surface area contributed by atoms with Gasteiger partial charge in [0.25, 0.3) is 5.91 Å². The van der Waals surface area contributed by atoms with Crippen molar-refractivity contribution in [2.45, 2.75) is 51.0 Å². The molecule has 1 aromatic rings. The molecule has 0 radical (unpaired) electrons. The summed E-state index contributed by atoms with van der Waals surface area (Å²) in [7, 11) is 0. The zero-order chi connectivity index (χ0) is 17.9. The van der Waals surface area contributed by atoms with Crippen LogP contribution in [0.3, 0.4) is 0 Å². The van der Waals surface area contributed by atoms with Gasteiger partial charge in [-0.25, -0.2) is 0 Å². The lowest BCUT2D eigenvalue weighted by molar-refractivity contribution is -0.194. The van der Waals surface area contributed by atoms with Crippen molar-refractivity contribution in [2.24, 2.45) is 0 Å². The number of amides is 2. The molecular formula is C19H26N2O4. The Bertz CT molecular complexity index is 611. The first-order valence-corrected chi connectivity index (χ1v) is 8.93. The molecule has 2 amide bonds. The van der Waals surface area contributed by atoms with Gasteiger partial charge in [0, 0.05) is 44.0 Å². The molecule has 25 heavy (non-hydrogen) atoms.